The lowest BCUT2D eigenvalue weighted by Gasteiger charge is -2.34. The molecule has 0 spiro atoms. The fraction of sp³-hybridized carbons (Fsp3) is 0.316. The first-order valence-electron chi connectivity index (χ1n) is 15.8. The summed E-state index contributed by atoms with van der Waals surface area (Å²) in [4.78, 5) is 30.3. The minimum absolute atomic E-state index is 0.0900. The average molecular weight is 640 g/mol. The van der Waals surface area contributed by atoms with E-state index in [-0.39, 0.29) is 29.8 Å². The number of aryl methyl sites for hydroxylation is 3. The predicted octanol–water partition coefficient (Wildman–Crippen LogP) is 6.67. The molecule has 0 saturated heterocycles. The lowest BCUT2D eigenvalue weighted by atomic mass is 10.0. The third-order valence-corrected chi connectivity index (χ3v) is 10.3. The molecule has 8 heteroatoms. The molecule has 0 fully saturated rings. The van der Waals surface area contributed by atoms with Gasteiger partial charge in [-0.15, -0.1) is 0 Å². The Morgan fingerprint density at radius 1 is 0.761 bits per heavy atom. The molecule has 0 aliphatic carbocycles. The predicted molar refractivity (Wildman–Crippen MR) is 185 cm³/mol. The van der Waals surface area contributed by atoms with Crippen LogP contribution in [-0.2, 0) is 32.6 Å². The highest BCUT2D eigenvalue weighted by Gasteiger charge is 2.35. The van der Waals surface area contributed by atoms with Crippen LogP contribution in [0, 0.1) is 27.7 Å². The number of carbonyl (C=O) groups is 2. The normalized spacial score (nSPS) is 12.7. The molecular weight excluding hydrogens is 595 g/mol. The number of hydrogen-bond acceptors (Lipinski definition) is 4. The zero-order valence-electron chi connectivity index (χ0n) is 27.7. The first-order chi connectivity index (χ1) is 21.9. The summed E-state index contributed by atoms with van der Waals surface area (Å²) in [5, 5.41) is 3.08. The third-order valence-electron chi connectivity index (χ3n) is 8.48. The van der Waals surface area contributed by atoms with Gasteiger partial charge in [0.15, 0.2) is 0 Å². The topological polar surface area (TPSA) is 86.8 Å². The molecule has 0 aliphatic heterocycles. The Morgan fingerprint density at radius 3 is 1.98 bits per heavy atom. The van der Waals surface area contributed by atoms with Crippen molar-refractivity contribution in [3.63, 3.8) is 0 Å². The van der Waals surface area contributed by atoms with Gasteiger partial charge in [-0.05, 0) is 81.5 Å². The number of rotatable bonds is 13. The van der Waals surface area contributed by atoms with Crippen molar-refractivity contribution in [2.24, 2.45) is 0 Å². The summed E-state index contributed by atoms with van der Waals surface area (Å²) in [6.45, 7) is 11.2. The molecule has 7 nitrogen and oxygen atoms in total. The summed E-state index contributed by atoms with van der Waals surface area (Å²) in [7, 11) is -4.16. The van der Waals surface area contributed by atoms with E-state index in [1.807, 2.05) is 102 Å². The van der Waals surface area contributed by atoms with Crippen LogP contribution in [0.5, 0.6) is 0 Å². The maximum atomic E-state index is 14.7. The molecule has 1 N–H and O–H groups in total. The Bertz CT molecular complexity index is 1740. The van der Waals surface area contributed by atoms with Crippen molar-refractivity contribution in [1.29, 1.82) is 0 Å². The van der Waals surface area contributed by atoms with E-state index < -0.39 is 28.5 Å². The van der Waals surface area contributed by atoms with E-state index in [1.54, 1.807) is 36.4 Å². The van der Waals surface area contributed by atoms with E-state index >= 15 is 0 Å². The number of anilines is 1. The molecule has 4 rings (SSSR count). The Labute approximate surface area is 274 Å². The van der Waals surface area contributed by atoms with Crippen LogP contribution in [0.2, 0.25) is 0 Å². The van der Waals surface area contributed by atoms with Gasteiger partial charge >= 0.3 is 0 Å². The molecule has 242 valence electrons. The fourth-order valence-corrected chi connectivity index (χ4v) is 6.71. The van der Waals surface area contributed by atoms with Crippen LogP contribution >= 0.6 is 0 Å². The summed E-state index contributed by atoms with van der Waals surface area (Å²) < 4.78 is 29.8. The van der Waals surface area contributed by atoms with Gasteiger partial charge in [0, 0.05) is 19.0 Å². The minimum atomic E-state index is -4.16. The smallest absolute Gasteiger partial charge is 0.264 e. The van der Waals surface area contributed by atoms with Gasteiger partial charge in [0.05, 0.1) is 10.6 Å². The number of benzene rings is 4. The Balaban J connectivity index is 1.83. The van der Waals surface area contributed by atoms with Crippen LogP contribution in [0.15, 0.2) is 102 Å². The van der Waals surface area contributed by atoms with Gasteiger partial charge in [0.25, 0.3) is 10.0 Å². The molecule has 4 aromatic rings. The van der Waals surface area contributed by atoms with E-state index in [0.29, 0.717) is 5.69 Å². The highest BCUT2D eigenvalue weighted by molar-refractivity contribution is 7.92. The van der Waals surface area contributed by atoms with Crippen molar-refractivity contribution in [3.05, 3.63) is 130 Å². The maximum absolute atomic E-state index is 14.7. The molecule has 4 aromatic carbocycles. The van der Waals surface area contributed by atoms with Crippen molar-refractivity contribution in [2.45, 2.75) is 77.9 Å². The summed E-state index contributed by atoms with van der Waals surface area (Å²) in [6.07, 6.45) is 1.000. The molecular formula is C38H45N3O4S. The summed E-state index contributed by atoms with van der Waals surface area (Å²) in [5.41, 5.74) is 5.82. The first kappa shape index (κ1) is 34.4. The van der Waals surface area contributed by atoms with E-state index in [0.717, 1.165) is 39.8 Å². The largest absolute Gasteiger partial charge is 0.352 e. The van der Waals surface area contributed by atoms with E-state index in [9.17, 15) is 18.0 Å². The van der Waals surface area contributed by atoms with Crippen LogP contribution in [0.1, 0.15) is 53.6 Å². The number of amides is 2. The second kappa shape index (κ2) is 15.2. The Kier molecular flexibility index (Phi) is 11.4. The average Bonchev–Trinajstić information content (AvgIpc) is 3.04. The highest BCUT2D eigenvalue weighted by atomic mass is 32.2. The van der Waals surface area contributed by atoms with Gasteiger partial charge in [0.2, 0.25) is 11.8 Å². The quantitative estimate of drug-likeness (QED) is 0.177. The number of hydrogen-bond donors (Lipinski definition) is 1. The van der Waals surface area contributed by atoms with Crippen molar-refractivity contribution < 1.29 is 18.0 Å². The third kappa shape index (κ3) is 8.43. The zero-order valence-corrected chi connectivity index (χ0v) is 28.5. The Morgan fingerprint density at radius 2 is 1.37 bits per heavy atom. The molecule has 2 atom stereocenters. The van der Waals surface area contributed by atoms with Crippen LogP contribution in [0.4, 0.5) is 5.69 Å². The van der Waals surface area contributed by atoms with Crippen molar-refractivity contribution >= 4 is 27.5 Å². The molecule has 0 heterocycles. The number of nitrogens with zero attached hydrogens (tertiary/aromatic N) is 2. The van der Waals surface area contributed by atoms with Gasteiger partial charge in [-0.3, -0.25) is 13.9 Å². The van der Waals surface area contributed by atoms with E-state index in [1.165, 1.54) is 9.21 Å². The summed E-state index contributed by atoms with van der Waals surface area (Å²) in [5.74, 6) is -0.754. The lowest BCUT2D eigenvalue weighted by molar-refractivity contribution is -0.140. The second-order valence-corrected chi connectivity index (χ2v) is 13.9. The van der Waals surface area contributed by atoms with E-state index in [2.05, 4.69) is 5.32 Å². The van der Waals surface area contributed by atoms with Crippen LogP contribution in [-0.4, -0.2) is 43.8 Å². The van der Waals surface area contributed by atoms with Gasteiger partial charge in [0.1, 0.15) is 12.6 Å². The molecule has 46 heavy (non-hydrogen) atoms. The SMILES string of the molecule is CC[C@@H](C)NC(=O)[C@@H](Cc1ccccc1)N(Cc1ccc(C)cc1)C(=O)CN(c1cccc(C)c1C)S(=O)(=O)c1ccc(C)cc1. The first-order valence-corrected chi connectivity index (χ1v) is 17.2. The molecule has 0 aromatic heterocycles. The van der Waals surface area contributed by atoms with Gasteiger partial charge in [-0.1, -0.05) is 96.9 Å². The summed E-state index contributed by atoms with van der Waals surface area (Å²) >= 11 is 0. The van der Waals surface area contributed by atoms with Crippen LogP contribution in [0.25, 0.3) is 0 Å². The van der Waals surface area contributed by atoms with Crippen molar-refractivity contribution in [3.8, 4) is 0 Å². The van der Waals surface area contributed by atoms with Gasteiger partial charge in [-0.25, -0.2) is 8.42 Å². The molecule has 0 unspecified atom stereocenters. The zero-order chi connectivity index (χ0) is 33.4. The number of carbonyl (C=O) groups excluding carboxylic acids is 2. The molecule has 0 radical (unpaired) electrons. The number of sulfonamides is 1. The van der Waals surface area contributed by atoms with Gasteiger partial charge < -0.3 is 10.2 Å². The highest BCUT2D eigenvalue weighted by Crippen LogP contribution is 2.29. The van der Waals surface area contributed by atoms with Crippen molar-refractivity contribution in [1.82, 2.24) is 10.2 Å². The lowest BCUT2D eigenvalue weighted by Crippen LogP contribution is -2.54. The van der Waals surface area contributed by atoms with Crippen LogP contribution in [0.3, 0.4) is 0 Å². The number of nitrogens with one attached hydrogen (secondary N) is 1. The van der Waals surface area contributed by atoms with E-state index in [4.69, 9.17) is 0 Å². The minimum Gasteiger partial charge on any atom is -0.352 e. The fourth-order valence-electron chi connectivity index (χ4n) is 5.24. The Hall–Kier alpha value is -4.43. The van der Waals surface area contributed by atoms with Gasteiger partial charge in [-0.2, -0.15) is 0 Å². The molecule has 0 bridgehead atoms. The molecule has 2 amide bonds. The summed E-state index contributed by atoms with van der Waals surface area (Å²) in [6, 6.07) is 28.5. The van der Waals surface area contributed by atoms with Crippen LogP contribution < -0.4 is 9.62 Å². The second-order valence-electron chi connectivity index (χ2n) is 12.1. The monoisotopic (exact) mass is 639 g/mol. The van der Waals surface area contributed by atoms with Crippen molar-refractivity contribution in [2.75, 3.05) is 10.8 Å². The molecule has 0 saturated carbocycles. The standard InChI is InChI=1S/C38H45N3O4S/c1-7-30(5)39-38(43)36(24-32-13-9-8-10-14-32)40(25-33-20-16-27(2)17-21-33)37(42)26-41(35-15-11-12-29(4)31(35)6)46(44,45)34-22-18-28(3)19-23-34/h8-23,30,36H,7,24-26H2,1-6H3,(H,39,43)/t30-,36-/m1/s1. The maximum Gasteiger partial charge on any atom is 0.264 e. The molecule has 0 aliphatic rings.